The third-order valence-electron chi connectivity index (χ3n) is 2.39. The van der Waals surface area contributed by atoms with Crippen LogP contribution in [0.1, 0.15) is 39.5 Å². The van der Waals surface area contributed by atoms with Crippen LogP contribution in [0.2, 0.25) is 0 Å². The predicted octanol–water partition coefficient (Wildman–Crippen LogP) is 0.258. The van der Waals surface area contributed by atoms with E-state index in [-0.39, 0.29) is 24.4 Å². The van der Waals surface area contributed by atoms with E-state index in [1.165, 1.54) is 13.8 Å². The number of hydrogen-bond acceptors (Lipinski definition) is 7. The average molecular weight is 353 g/mol. The Bertz CT molecular complexity index is 438. The van der Waals surface area contributed by atoms with Gasteiger partial charge in [0.2, 0.25) is 17.8 Å². The number of unbranched alkanes of at least 4 members (excludes halogenated alkanes) is 3. The first-order valence-electron chi connectivity index (χ1n) is 7.09. The number of amides is 2. The number of hydrogen-bond donors (Lipinski definition) is 4. The molecule has 0 aliphatic carbocycles. The van der Waals surface area contributed by atoms with Crippen LogP contribution in [0.25, 0.3) is 0 Å². The predicted molar refractivity (Wildman–Crippen MR) is 82.4 cm³/mol. The van der Waals surface area contributed by atoms with Gasteiger partial charge in [0, 0.05) is 20.4 Å². The van der Waals surface area contributed by atoms with Crippen molar-refractivity contribution in [1.29, 1.82) is 0 Å². The second-order valence-corrected chi connectivity index (χ2v) is 6.02. The Labute approximate surface area is 134 Å². The summed E-state index contributed by atoms with van der Waals surface area (Å²) in [6.07, 6.45) is 2.79. The SMILES string of the molecule is CC(=O)NC(=NCCCCCCOP(=O)(O)OCO)NC(C)=O. The Morgan fingerprint density at radius 1 is 1.04 bits per heavy atom. The number of nitrogens with zero attached hydrogens (tertiary/aromatic N) is 1. The van der Waals surface area contributed by atoms with Crippen LogP contribution in [0.4, 0.5) is 0 Å². The number of aliphatic hydroxyl groups excluding tert-OH is 1. The lowest BCUT2D eigenvalue weighted by Crippen LogP contribution is -2.42. The summed E-state index contributed by atoms with van der Waals surface area (Å²) in [4.78, 5) is 35.0. The van der Waals surface area contributed by atoms with E-state index in [9.17, 15) is 14.2 Å². The van der Waals surface area contributed by atoms with Gasteiger partial charge in [0.25, 0.3) is 0 Å². The zero-order valence-electron chi connectivity index (χ0n) is 13.3. The zero-order chi connectivity index (χ0) is 17.7. The number of phosphoric ester groups is 1. The molecule has 0 saturated heterocycles. The van der Waals surface area contributed by atoms with Crippen molar-refractivity contribution in [2.24, 2.45) is 4.99 Å². The molecular weight excluding hydrogens is 329 g/mol. The van der Waals surface area contributed by atoms with E-state index in [0.717, 1.165) is 12.8 Å². The monoisotopic (exact) mass is 353 g/mol. The van der Waals surface area contributed by atoms with Crippen LogP contribution in [0.3, 0.4) is 0 Å². The molecule has 2 amide bonds. The van der Waals surface area contributed by atoms with Crippen LogP contribution >= 0.6 is 7.82 Å². The van der Waals surface area contributed by atoms with Gasteiger partial charge < -0.3 is 10.00 Å². The van der Waals surface area contributed by atoms with Gasteiger partial charge in [-0.15, -0.1) is 0 Å². The highest BCUT2D eigenvalue weighted by Gasteiger charge is 2.19. The Kier molecular flexibility index (Phi) is 11.4. The molecule has 0 aromatic heterocycles. The molecule has 23 heavy (non-hydrogen) atoms. The highest BCUT2D eigenvalue weighted by atomic mass is 31.2. The van der Waals surface area contributed by atoms with Crippen molar-refractivity contribution >= 4 is 25.6 Å². The Balaban J connectivity index is 3.84. The quantitative estimate of drug-likeness (QED) is 0.145. The maximum atomic E-state index is 11.1. The summed E-state index contributed by atoms with van der Waals surface area (Å²) in [5.74, 6) is -0.530. The van der Waals surface area contributed by atoms with Gasteiger partial charge in [-0.05, 0) is 12.8 Å². The number of aliphatic imine (C=N–C) groups is 1. The van der Waals surface area contributed by atoms with E-state index >= 15 is 0 Å². The van der Waals surface area contributed by atoms with Crippen LogP contribution in [-0.4, -0.2) is 47.7 Å². The summed E-state index contributed by atoms with van der Waals surface area (Å²) < 4.78 is 19.8. The summed E-state index contributed by atoms with van der Waals surface area (Å²) in [5.41, 5.74) is 0. The third kappa shape index (κ3) is 14.0. The molecule has 4 N–H and O–H groups in total. The van der Waals surface area contributed by atoms with Gasteiger partial charge >= 0.3 is 7.82 Å². The third-order valence-corrected chi connectivity index (χ3v) is 3.34. The van der Waals surface area contributed by atoms with Gasteiger partial charge in [-0.2, -0.15) is 0 Å². The molecule has 0 radical (unpaired) electrons. The van der Waals surface area contributed by atoms with E-state index in [1.807, 2.05) is 0 Å². The number of rotatable bonds is 10. The molecular formula is C12H24N3O7P. The van der Waals surface area contributed by atoms with E-state index in [1.54, 1.807) is 0 Å². The van der Waals surface area contributed by atoms with Crippen molar-refractivity contribution in [1.82, 2.24) is 10.6 Å². The lowest BCUT2D eigenvalue weighted by Gasteiger charge is -2.10. The fourth-order valence-corrected chi connectivity index (χ4v) is 2.07. The topological polar surface area (TPSA) is 147 Å². The molecule has 11 heteroatoms. The molecule has 0 fully saturated rings. The summed E-state index contributed by atoms with van der Waals surface area (Å²) in [7, 11) is -4.15. The second kappa shape index (κ2) is 12.1. The van der Waals surface area contributed by atoms with Crippen molar-refractivity contribution in [2.75, 3.05) is 19.9 Å². The standard InChI is InChI=1S/C12H24N3O7P/c1-10(17)14-12(15-11(2)18)13-7-5-3-4-6-8-21-23(19,20)22-9-16/h16H,3-9H2,1-2H3,(H,19,20)(H2,13,14,15,17,18). The smallest absolute Gasteiger partial charge is 0.370 e. The van der Waals surface area contributed by atoms with E-state index in [4.69, 9.17) is 10.00 Å². The molecule has 0 aliphatic rings. The average Bonchev–Trinajstić information content (AvgIpc) is 2.40. The molecule has 0 aromatic carbocycles. The van der Waals surface area contributed by atoms with Crippen molar-refractivity contribution in [3.05, 3.63) is 0 Å². The van der Waals surface area contributed by atoms with Gasteiger partial charge in [-0.3, -0.25) is 34.3 Å². The van der Waals surface area contributed by atoms with Crippen molar-refractivity contribution < 1.29 is 33.2 Å². The summed E-state index contributed by atoms with van der Waals surface area (Å²) in [6.45, 7) is 2.22. The molecule has 0 heterocycles. The van der Waals surface area contributed by atoms with E-state index in [2.05, 4.69) is 24.7 Å². The van der Waals surface area contributed by atoms with Crippen LogP contribution in [-0.2, 0) is 23.2 Å². The Morgan fingerprint density at radius 3 is 2.13 bits per heavy atom. The molecule has 0 saturated carbocycles. The number of aliphatic hydroxyl groups is 1. The number of carbonyl (C=O) groups excluding carboxylic acids is 2. The van der Waals surface area contributed by atoms with Crippen LogP contribution in [0.5, 0.6) is 0 Å². The molecule has 10 nitrogen and oxygen atoms in total. The Morgan fingerprint density at radius 2 is 1.61 bits per heavy atom. The lowest BCUT2D eigenvalue weighted by atomic mass is 10.2. The lowest BCUT2D eigenvalue weighted by molar-refractivity contribution is -0.118. The first-order chi connectivity index (χ1) is 10.8. The first-order valence-corrected chi connectivity index (χ1v) is 8.58. The molecule has 0 aromatic rings. The minimum atomic E-state index is -4.15. The van der Waals surface area contributed by atoms with Crippen LogP contribution in [0.15, 0.2) is 4.99 Å². The number of guanidine groups is 1. The first kappa shape index (κ1) is 21.7. The fourth-order valence-electron chi connectivity index (χ4n) is 1.49. The van der Waals surface area contributed by atoms with Gasteiger partial charge in [-0.1, -0.05) is 12.8 Å². The summed E-state index contributed by atoms with van der Waals surface area (Å²) in [5, 5.41) is 13.2. The van der Waals surface area contributed by atoms with Crippen LogP contribution in [0, 0.1) is 0 Å². The summed E-state index contributed by atoms with van der Waals surface area (Å²) >= 11 is 0. The highest BCUT2D eigenvalue weighted by Crippen LogP contribution is 2.42. The maximum absolute atomic E-state index is 11.1. The maximum Gasteiger partial charge on any atom is 0.474 e. The zero-order valence-corrected chi connectivity index (χ0v) is 14.2. The van der Waals surface area contributed by atoms with Gasteiger partial charge in [-0.25, -0.2) is 4.57 Å². The van der Waals surface area contributed by atoms with Crippen LogP contribution < -0.4 is 10.6 Å². The molecule has 134 valence electrons. The number of carbonyl (C=O) groups is 2. The van der Waals surface area contributed by atoms with Crippen molar-refractivity contribution in [2.45, 2.75) is 39.5 Å². The molecule has 0 rings (SSSR count). The minimum absolute atomic E-state index is 0.0417. The normalized spacial score (nSPS) is 13.0. The molecule has 1 atom stereocenters. The molecule has 0 bridgehead atoms. The number of phosphoric acid groups is 1. The number of nitrogens with one attached hydrogen (secondary N) is 2. The van der Waals surface area contributed by atoms with Crippen molar-refractivity contribution in [3.8, 4) is 0 Å². The Hall–Kier alpha value is -1.32. The highest BCUT2D eigenvalue weighted by molar-refractivity contribution is 7.47. The van der Waals surface area contributed by atoms with Gasteiger partial charge in [0.1, 0.15) is 0 Å². The molecule has 1 unspecified atom stereocenters. The largest absolute Gasteiger partial charge is 0.474 e. The van der Waals surface area contributed by atoms with Gasteiger partial charge in [0.05, 0.1) is 6.61 Å². The summed E-state index contributed by atoms with van der Waals surface area (Å²) in [6, 6.07) is 0. The van der Waals surface area contributed by atoms with Crippen molar-refractivity contribution in [3.63, 3.8) is 0 Å². The van der Waals surface area contributed by atoms with Gasteiger partial charge in [0.15, 0.2) is 6.79 Å². The van der Waals surface area contributed by atoms with E-state index < -0.39 is 14.6 Å². The molecule has 0 aliphatic heterocycles. The fraction of sp³-hybridized carbons (Fsp3) is 0.750. The second-order valence-electron chi connectivity index (χ2n) is 4.57. The minimum Gasteiger partial charge on any atom is -0.370 e. The van der Waals surface area contributed by atoms with E-state index in [0.29, 0.717) is 19.4 Å². The molecule has 0 spiro atoms.